The van der Waals surface area contributed by atoms with E-state index in [1.54, 1.807) is 4.90 Å². The summed E-state index contributed by atoms with van der Waals surface area (Å²) in [5, 5.41) is 3.04. The second-order valence-electron chi connectivity index (χ2n) is 7.87. The monoisotopic (exact) mass is 354 g/mol. The third kappa shape index (κ3) is 2.35. The van der Waals surface area contributed by atoms with Crippen molar-refractivity contribution in [1.82, 2.24) is 19.8 Å². The normalized spacial score (nSPS) is 21.6. The zero-order chi connectivity index (χ0) is 18.5. The van der Waals surface area contributed by atoms with Gasteiger partial charge in [-0.3, -0.25) is 9.59 Å². The summed E-state index contributed by atoms with van der Waals surface area (Å²) in [6.07, 6.45) is 3.73. The molecule has 1 saturated heterocycles. The molecule has 1 aliphatic heterocycles. The number of imidazole rings is 1. The van der Waals surface area contributed by atoms with Gasteiger partial charge in [0.15, 0.2) is 0 Å². The van der Waals surface area contributed by atoms with Crippen LogP contribution in [0.25, 0.3) is 11.0 Å². The molecule has 1 atom stereocenters. The highest BCUT2D eigenvalue weighted by molar-refractivity contribution is 6.02. The van der Waals surface area contributed by atoms with E-state index < -0.39 is 5.41 Å². The van der Waals surface area contributed by atoms with Crippen LogP contribution in [-0.4, -0.2) is 38.3 Å². The predicted octanol–water partition coefficient (Wildman–Crippen LogP) is 2.37. The van der Waals surface area contributed by atoms with Crippen LogP contribution in [0.1, 0.15) is 45.4 Å². The van der Waals surface area contributed by atoms with E-state index in [0.29, 0.717) is 6.54 Å². The quantitative estimate of drug-likeness (QED) is 0.857. The molecule has 2 heterocycles. The van der Waals surface area contributed by atoms with Gasteiger partial charge in [0.2, 0.25) is 11.8 Å². The van der Waals surface area contributed by atoms with Gasteiger partial charge in [-0.05, 0) is 38.8 Å². The van der Waals surface area contributed by atoms with E-state index in [-0.39, 0.29) is 23.9 Å². The topological polar surface area (TPSA) is 67.2 Å². The molecule has 1 N–H and O–H groups in total. The van der Waals surface area contributed by atoms with Crippen molar-refractivity contribution >= 4 is 22.8 Å². The molecule has 1 spiro atoms. The summed E-state index contributed by atoms with van der Waals surface area (Å²) >= 11 is 0. The summed E-state index contributed by atoms with van der Waals surface area (Å²) in [6.45, 7) is 4.33. The molecule has 26 heavy (non-hydrogen) atoms. The first-order chi connectivity index (χ1) is 12.5. The largest absolute Gasteiger partial charge is 0.347 e. The standard InChI is InChI=1S/C20H26N4O2/c1-13(2)24-17(20(19(24)26)10-6-7-11-20)18(25)21-12-16-22-14-8-4-5-9-15(14)23(16)3/h4-5,8-9,13,17H,6-7,10-12H2,1-3H3,(H,21,25). The highest BCUT2D eigenvalue weighted by Crippen LogP contribution is 2.52. The van der Waals surface area contributed by atoms with Crippen LogP contribution in [0.5, 0.6) is 0 Å². The SMILES string of the molecule is CC(C)N1C(=O)C2(CCCC2)C1C(=O)NCc1nc2ccccc2n1C. The van der Waals surface area contributed by atoms with Gasteiger partial charge in [0.1, 0.15) is 11.9 Å². The van der Waals surface area contributed by atoms with Crippen LogP contribution in [0.15, 0.2) is 24.3 Å². The molecule has 1 aromatic carbocycles. The van der Waals surface area contributed by atoms with Crippen molar-refractivity contribution in [2.24, 2.45) is 12.5 Å². The van der Waals surface area contributed by atoms with Crippen molar-refractivity contribution in [3.8, 4) is 0 Å². The fourth-order valence-electron chi connectivity index (χ4n) is 4.71. The molecule has 2 amide bonds. The molecule has 1 saturated carbocycles. The maximum Gasteiger partial charge on any atom is 0.244 e. The summed E-state index contributed by atoms with van der Waals surface area (Å²) in [4.78, 5) is 32.1. The number of benzene rings is 1. The van der Waals surface area contributed by atoms with Crippen LogP contribution in [0.4, 0.5) is 0 Å². The number of nitrogens with one attached hydrogen (secondary N) is 1. The lowest BCUT2D eigenvalue weighted by atomic mass is 9.68. The van der Waals surface area contributed by atoms with E-state index in [4.69, 9.17) is 0 Å². The van der Waals surface area contributed by atoms with Crippen LogP contribution in [0.3, 0.4) is 0 Å². The van der Waals surface area contributed by atoms with Crippen LogP contribution >= 0.6 is 0 Å². The average Bonchev–Trinajstić information content (AvgIpc) is 3.24. The molecule has 0 bridgehead atoms. The number of hydrogen-bond acceptors (Lipinski definition) is 3. The molecular weight excluding hydrogens is 328 g/mol. The molecular formula is C20H26N4O2. The van der Waals surface area contributed by atoms with Gasteiger partial charge in [-0.15, -0.1) is 0 Å². The Bertz CT molecular complexity index is 864. The zero-order valence-electron chi connectivity index (χ0n) is 15.7. The maximum absolute atomic E-state index is 13.0. The Kier molecular flexibility index (Phi) is 4.01. The number of carbonyl (C=O) groups is 2. The molecule has 4 rings (SSSR count). The van der Waals surface area contributed by atoms with Crippen LogP contribution in [0, 0.1) is 5.41 Å². The average molecular weight is 354 g/mol. The first kappa shape index (κ1) is 17.1. The number of aryl methyl sites for hydroxylation is 1. The second-order valence-corrected chi connectivity index (χ2v) is 7.87. The molecule has 138 valence electrons. The number of nitrogens with zero attached hydrogens (tertiary/aromatic N) is 3. The van der Waals surface area contributed by atoms with Gasteiger partial charge in [0, 0.05) is 13.1 Å². The number of carbonyl (C=O) groups excluding carboxylic acids is 2. The Balaban J connectivity index is 1.53. The van der Waals surface area contributed by atoms with Crippen molar-refractivity contribution in [2.45, 2.75) is 58.2 Å². The fourth-order valence-corrected chi connectivity index (χ4v) is 4.71. The van der Waals surface area contributed by atoms with Crippen molar-refractivity contribution < 1.29 is 9.59 Å². The molecule has 2 aromatic rings. The van der Waals surface area contributed by atoms with E-state index in [9.17, 15) is 9.59 Å². The second kappa shape index (κ2) is 6.11. The van der Waals surface area contributed by atoms with Crippen molar-refractivity contribution in [1.29, 1.82) is 0 Å². The third-order valence-corrected chi connectivity index (χ3v) is 6.06. The van der Waals surface area contributed by atoms with Crippen LogP contribution < -0.4 is 5.32 Å². The minimum Gasteiger partial charge on any atom is -0.347 e. The predicted molar refractivity (Wildman–Crippen MR) is 99.2 cm³/mol. The number of likely N-dealkylation sites (tertiary alicyclic amines) is 1. The molecule has 2 fully saturated rings. The van der Waals surface area contributed by atoms with E-state index in [1.165, 1.54) is 0 Å². The van der Waals surface area contributed by atoms with Crippen LogP contribution in [-0.2, 0) is 23.2 Å². The lowest BCUT2D eigenvalue weighted by Gasteiger charge is -2.55. The van der Waals surface area contributed by atoms with Gasteiger partial charge < -0.3 is 14.8 Å². The first-order valence-corrected chi connectivity index (χ1v) is 9.46. The van der Waals surface area contributed by atoms with Crippen molar-refractivity contribution in [2.75, 3.05) is 0 Å². The molecule has 1 aromatic heterocycles. The number of rotatable bonds is 4. The Morgan fingerprint density at radius 2 is 2.00 bits per heavy atom. The van der Waals surface area contributed by atoms with E-state index in [0.717, 1.165) is 42.5 Å². The molecule has 0 radical (unpaired) electrons. The van der Waals surface area contributed by atoms with Gasteiger partial charge in [0.25, 0.3) is 0 Å². The highest BCUT2D eigenvalue weighted by Gasteiger charge is 2.64. The Morgan fingerprint density at radius 3 is 2.65 bits per heavy atom. The minimum absolute atomic E-state index is 0.0419. The summed E-state index contributed by atoms with van der Waals surface area (Å²) in [5.41, 5.74) is 1.52. The van der Waals surface area contributed by atoms with Crippen LogP contribution in [0.2, 0.25) is 0 Å². The summed E-state index contributed by atoms with van der Waals surface area (Å²) in [7, 11) is 1.96. The zero-order valence-corrected chi connectivity index (χ0v) is 15.7. The molecule has 1 unspecified atom stereocenters. The van der Waals surface area contributed by atoms with E-state index in [2.05, 4.69) is 10.3 Å². The maximum atomic E-state index is 13.0. The molecule has 6 heteroatoms. The Labute approximate surface area is 153 Å². The Morgan fingerprint density at radius 1 is 1.31 bits per heavy atom. The van der Waals surface area contributed by atoms with Crippen molar-refractivity contribution in [3.05, 3.63) is 30.1 Å². The smallest absolute Gasteiger partial charge is 0.244 e. The minimum atomic E-state index is -0.458. The summed E-state index contributed by atoms with van der Waals surface area (Å²) < 4.78 is 2.01. The lowest BCUT2D eigenvalue weighted by Crippen LogP contribution is -2.74. The lowest BCUT2D eigenvalue weighted by molar-refractivity contribution is -0.181. The Hall–Kier alpha value is -2.37. The van der Waals surface area contributed by atoms with Gasteiger partial charge in [0.05, 0.1) is 23.0 Å². The van der Waals surface area contributed by atoms with Gasteiger partial charge >= 0.3 is 0 Å². The van der Waals surface area contributed by atoms with Crippen molar-refractivity contribution in [3.63, 3.8) is 0 Å². The van der Waals surface area contributed by atoms with Gasteiger partial charge in [-0.2, -0.15) is 0 Å². The fraction of sp³-hybridized carbons (Fsp3) is 0.550. The summed E-state index contributed by atoms with van der Waals surface area (Å²) in [5.74, 6) is 0.932. The summed E-state index contributed by atoms with van der Waals surface area (Å²) in [6, 6.07) is 7.64. The molecule has 1 aliphatic carbocycles. The number of hydrogen-bond donors (Lipinski definition) is 1. The number of para-hydroxylation sites is 2. The highest BCUT2D eigenvalue weighted by atomic mass is 16.2. The van der Waals surface area contributed by atoms with E-state index in [1.807, 2.05) is 49.7 Å². The molecule has 2 aliphatic rings. The number of β-lactam (4-membered cyclic amide) rings is 1. The first-order valence-electron chi connectivity index (χ1n) is 9.46. The molecule has 6 nitrogen and oxygen atoms in total. The number of fused-ring (bicyclic) bond motifs is 1. The van der Waals surface area contributed by atoms with E-state index >= 15 is 0 Å². The third-order valence-electron chi connectivity index (χ3n) is 6.06. The van der Waals surface area contributed by atoms with Gasteiger partial charge in [-0.25, -0.2) is 4.98 Å². The number of aromatic nitrogens is 2. The van der Waals surface area contributed by atoms with Gasteiger partial charge in [-0.1, -0.05) is 25.0 Å². The number of amides is 2.